The Morgan fingerprint density at radius 3 is 2.68 bits per heavy atom. The molecular formula is C22H22BrF2N3O3. The molecule has 0 saturated heterocycles. The van der Waals surface area contributed by atoms with E-state index in [-0.39, 0.29) is 17.9 Å². The summed E-state index contributed by atoms with van der Waals surface area (Å²) in [6, 6.07) is 6.22. The van der Waals surface area contributed by atoms with Crippen molar-refractivity contribution in [2.75, 3.05) is 7.05 Å². The number of aromatic nitrogens is 2. The van der Waals surface area contributed by atoms with E-state index in [9.17, 15) is 13.6 Å². The molecule has 3 rings (SSSR count). The monoisotopic (exact) mass is 493 g/mol. The highest BCUT2D eigenvalue weighted by atomic mass is 79.9. The van der Waals surface area contributed by atoms with E-state index in [0.29, 0.717) is 39.2 Å². The van der Waals surface area contributed by atoms with Gasteiger partial charge in [-0.25, -0.2) is 0 Å². The first-order valence-corrected chi connectivity index (χ1v) is 10.4. The molecule has 6 nitrogen and oxygen atoms in total. The largest absolute Gasteiger partial charge is 0.459 e. The van der Waals surface area contributed by atoms with Crippen LogP contribution >= 0.6 is 15.9 Å². The fraction of sp³-hybridized carbons (Fsp3) is 0.318. The van der Waals surface area contributed by atoms with Gasteiger partial charge in [0.15, 0.2) is 0 Å². The number of allylic oxidation sites excluding steroid dienone is 2. The number of pyridine rings is 1. The lowest BCUT2D eigenvalue weighted by atomic mass is 10.0. The summed E-state index contributed by atoms with van der Waals surface area (Å²) in [6.45, 7) is 5.60. The number of aryl methyl sites for hydroxylation is 2. The number of fused-ring (bicyclic) bond motifs is 1. The van der Waals surface area contributed by atoms with E-state index in [1.165, 1.54) is 16.7 Å². The van der Waals surface area contributed by atoms with Crippen LogP contribution in [0.1, 0.15) is 24.8 Å². The van der Waals surface area contributed by atoms with E-state index in [2.05, 4.69) is 26.1 Å². The molecule has 164 valence electrons. The second-order valence-electron chi connectivity index (χ2n) is 6.94. The van der Waals surface area contributed by atoms with Crippen LogP contribution in [-0.2, 0) is 6.54 Å². The lowest BCUT2D eigenvalue weighted by Gasteiger charge is -2.18. The minimum Gasteiger partial charge on any atom is -0.423 e. The van der Waals surface area contributed by atoms with Gasteiger partial charge in [-0.15, -0.1) is 0 Å². The number of ether oxygens (including phenoxy) is 1. The Kier molecular flexibility index (Phi) is 6.74. The normalized spacial score (nSPS) is 12.8. The predicted molar refractivity (Wildman–Crippen MR) is 120 cm³/mol. The number of alkyl halides is 3. The van der Waals surface area contributed by atoms with Gasteiger partial charge < -0.3 is 13.8 Å². The van der Waals surface area contributed by atoms with Gasteiger partial charge >= 0.3 is 5.02 Å². The van der Waals surface area contributed by atoms with Crippen LogP contribution in [0.3, 0.4) is 0 Å². The molecule has 0 amide bonds. The molecule has 1 aromatic carbocycles. The van der Waals surface area contributed by atoms with Gasteiger partial charge in [-0.1, -0.05) is 18.2 Å². The second-order valence-corrected chi connectivity index (χ2v) is 7.86. The summed E-state index contributed by atoms with van der Waals surface area (Å²) in [5, 5.41) is 0.985. The Hall–Kier alpha value is -2.81. The van der Waals surface area contributed by atoms with E-state index in [0.717, 1.165) is 6.42 Å². The molecule has 0 unspecified atom stereocenters. The zero-order valence-corrected chi connectivity index (χ0v) is 19.2. The molecule has 0 N–H and O–H groups in total. The number of rotatable bonds is 7. The Morgan fingerprint density at radius 2 is 2.10 bits per heavy atom. The summed E-state index contributed by atoms with van der Waals surface area (Å²) in [5.41, 5.74) is 2.34. The topological polar surface area (TPSA) is 69.6 Å². The number of halogens is 3. The van der Waals surface area contributed by atoms with Crippen molar-refractivity contribution >= 4 is 32.5 Å². The van der Waals surface area contributed by atoms with Crippen molar-refractivity contribution in [3.8, 4) is 16.9 Å². The van der Waals surface area contributed by atoms with Crippen LogP contribution in [0.25, 0.3) is 22.0 Å². The highest BCUT2D eigenvalue weighted by Crippen LogP contribution is 2.40. The average Bonchev–Trinajstić information content (AvgIpc) is 3.03. The summed E-state index contributed by atoms with van der Waals surface area (Å²) in [5.74, 6) is 0.361. The Labute approximate surface area is 186 Å². The maximum absolute atomic E-state index is 13.8. The molecule has 0 spiro atoms. The molecule has 0 saturated carbocycles. The van der Waals surface area contributed by atoms with Crippen molar-refractivity contribution < 1.29 is 18.0 Å². The first-order valence-electron chi connectivity index (χ1n) is 9.63. The zero-order valence-electron chi connectivity index (χ0n) is 17.6. The molecule has 0 bridgehead atoms. The van der Waals surface area contributed by atoms with Crippen LogP contribution in [0.15, 0.2) is 50.7 Å². The van der Waals surface area contributed by atoms with Crippen molar-refractivity contribution in [1.29, 1.82) is 0 Å². The lowest BCUT2D eigenvalue weighted by molar-refractivity contribution is -0.0798. The summed E-state index contributed by atoms with van der Waals surface area (Å²) < 4.78 is 39.2. The Bertz CT molecular complexity index is 1200. The minimum absolute atomic E-state index is 0.109. The van der Waals surface area contributed by atoms with Crippen LogP contribution in [0.2, 0.25) is 0 Å². The molecule has 0 fully saturated rings. The molecule has 31 heavy (non-hydrogen) atoms. The smallest absolute Gasteiger partial charge is 0.423 e. The van der Waals surface area contributed by atoms with E-state index in [4.69, 9.17) is 9.26 Å². The molecule has 0 atom stereocenters. The van der Waals surface area contributed by atoms with Gasteiger partial charge in [0.1, 0.15) is 11.5 Å². The summed E-state index contributed by atoms with van der Waals surface area (Å²) >= 11 is 2.24. The second kappa shape index (κ2) is 9.13. The highest BCUT2D eigenvalue weighted by Gasteiger charge is 2.30. The molecule has 2 heterocycles. The van der Waals surface area contributed by atoms with Gasteiger partial charge in [-0.3, -0.25) is 9.79 Å². The van der Waals surface area contributed by atoms with Crippen molar-refractivity contribution in [2.45, 2.75) is 38.8 Å². The first-order chi connectivity index (χ1) is 14.6. The lowest BCUT2D eigenvalue weighted by Crippen LogP contribution is -2.23. The number of hydrogen-bond acceptors (Lipinski definition) is 5. The standard InChI is InChI=1S/C22H22BrF2N3O3/c1-5-6-7-16(26-4)12-28-18-11-19(30-22(23,24)25)17(10-15(18)8-9-20(28)29)21-13(2)27-31-14(21)3/h6-11H,5,12H2,1-4H3/b7-6-,26-16?. The zero-order chi connectivity index (χ0) is 22.8. The van der Waals surface area contributed by atoms with E-state index in [1.807, 2.05) is 19.1 Å². The third kappa shape index (κ3) is 5.10. The summed E-state index contributed by atoms with van der Waals surface area (Å²) in [6.07, 6.45) is 4.60. The van der Waals surface area contributed by atoms with Crippen LogP contribution in [-0.4, -0.2) is 27.5 Å². The third-order valence-corrected chi connectivity index (χ3v) is 4.93. The summed E-state index contributed by atoms with van der Waals surface area (Å²) in [7, 11) is 1.64. The molecule has 9 heteroatoms. The maximum atomic E-state index is 13.8. The van der Waals surface area contributed by atoms with Gasteiger partial charge in [-0.2, -0.15) is 8.78 Å². The predicted octanol–water partition coefficient (Wildman–Crippen LogP) is 5.63. The van der Waals surface area contributed by atoms with Crippen molar-refractivity contribution in [3.05, 3.63) is 58.2 Å². The number of aliphatic imine (C=N–C) groups is 1. The van der Waals surface area contributed by atoms with Crippen molar-refractivity contribution in [2.24, 2.45) is 4.99 Å². The molecule has 0 aliphatic heterocycles. The van der Waals surface area contributed by atoms with Gasteiger partial charge in [0.25, 0.3) is 5.56 Å². The number of hydrogen-bond donors (Lipinski definition) is 0. The number of nitrogens with zero attached hydrogens (tertiary/aromatic N) is 3. The van der Waals surface area contributed by atoms with Gasteiger partial charge in [0, 0.05) is 40.7 Å². The summed E-state index contributed by atoms with van der Waals surface area (Å²) in [4.78, 5) is 16.9. The molecule has 3 aromatic rings. The molecular weight excluding hydrogens is 472 g/mol. The maximum Gasteiger partial charge on any atom is 0.459 e. The molecule has 0 aliphatic carbocycles. The quantitative estimate of drug-likeness (QED) is 0.315. The number of benzene rings is 1. The van der Waals surface area contributed by atoms with Gasteiger partial charge in [0.05, 0.1) is 29.0 Å². The van der Waals surface area contributed by atoms with Crippen molar-refractivity contribution in [3.63, 3.8) is 0 Å². The Morgan fingerprint density at radius 1 is 1.35 bits per heavy atom. The average molecular weight is 494 g/mol. The van der Waals surface area contributed by atoms with E-state index >= 15 is 0 Å². The molecule has 0 aliphatic rings. The fourth-order valence-electron chi connectivity index (χ4n) is 3.37. The van der Waals surface area contributed by atoms with Crippen LogP contribution in [0.4, 0.5) is 8.78 Å². The van der Waals surface area contributed by atoms with Gasteiger partial charge in [-0.05, 0) is 43.9 Å². The van der Waals surface area contributed by atoms with E-state index < -0.39 is 5.02 Å². The van der Waals surface area contributed by atoms with E-state index in [1.54, 1.807) is 33.0 Å². The SMILES string of the molecule is CC/C=C\C(Cn1c(=O)ccc2cc(-c3c(C)noc3C)c(OC(F)(F)Br)cc21)=NC. The minimum atomic E-state index is -3.60. The van der Waals surface area contributed by atoms with Crippen molar-refractivity contribution in [1.82, 2.24) is 9.72 Å². The first kappa shape index (κ1) is 22.9. The third-order valence-electron chi connectivity index (χ3n) is 4.77. The van der Waals surface area contributed by atoms with Crippen LogP contribution in [0, 0.1) is 13.8 Å². The Balaban J connectivity index is 2.27. The fourth-order valence-corrected chi connectivity index (χ4v) is 3.55. The van der Waals surface area contributed by atoms with Gasteiger partial charge in [0.2, 0.25) is 0 Å². The molecule has 0 radical (unpaired) electrons. The highest BCUT2D eigenvalue weighted by molar-refractivity contribution is 9.09. The molecule has 2 aromatic heterocycles. The van der Waals surface area contributed by atoms with Crippen LogP contribution < -0.4 is 10.3 Å². The van der Waals surface area contributed by atoms with Crippen LogP contribution in [0.5, 0.6) is 5.75 Å².